The number of hydrogen-bond donors (Lipinski definition) is 1. The lowest BCUT2D eigenvalue weighted by Gasteiger charge is -2.19. The van der Waals surface area contributed by atoms with Gasteiger partial charge < -0.3 is 5.73 Å². The summed E-state index contributed by atoms with van der Waals surface area (Å²) in [6, 6.07) is 4.87. The molecule has 0 fully saturated rings. The lowest BCUT2D eigenvalue weighted by Crippen LogP contribution is -2.16. The Hall–Kier alpha value is -0.160. The van der Waals surface area contributed by atoms with Crippen LogP contribution in [0.3, 0.4) is 0 Å². The largest absolute Gasteiger partial charge is 0.324 e. The second-order valence-corrected chi connectivity index (χ2v) is 5.35. The van der Waals surface area contributed by atoms with Gasteiger partial charge in [0.15, 0.2) is 0 Å². The van der Waals surface area contributed by atoms with Crippen LogP contribution in [0.15, 0.2) is 18.2 Å². The lowest BCUT2D eigenvalue weighted by molar-refractivity contribution is 0.414. The zero-order valence-electron chi connectivity index (χ0n) is 9.84. The Morgan fingerprint density at radius 1 is 1.31 bits per heavy atom. The Balaban J connectivity index is 2.76. The van der Waals surface area contributed by atoms with Crippen LogP contribution in [0.25, 0.3) is 0 Å². The number of benzene rings is 1. The molecule has 1 unspecified atom stereocenters. The highest BCUT2D eigenvalue weighted by Gasteiger charge is 2.14. The van der Waals surface area contributed by atoms with Crippen LogP contribution in [0.1, 0.15) is 44.7 Å². The van der Waals surface area contributed by atoms with Crippen molar-refractivity contribution in [1.82, 2.24) is 0 Å². The monoisotopic (exact) mass is 335 g/mol. The molecular formula is C13H19FIN. The molecule has 3 heteroatoms. The molecule has 2 N–H and O–H groups in total. The van der Waals surface area contributed by atoms with Gasteiger partial charge in [0.05, 0.1) is 0 Å². The van der Waals surface area contributed by atoms with E-state index in [1.54, 1.807) is 6.07 Å². The van der Waals surface area contributed by atoms with E-state index >= 15 is 0 Å². The molecule has 1 rings (SSSR count). The lowest BCUT2D eigenvalue weighted by atomic mass is 9.92. The maximum absolute atomic E-state index is 13.0. The van der Waals surface area contributed by atoms with Gasteiger partial charge in [-0.05, 0) is 52.6 Å². The Bertz CT molecular complexity index is 337. The summed E-state index contributed by atoms with van der Waals surface area (Å²) < 4.78 is 13.9. The average Bonchev–Trinajstić information content (AvgIpc) is 2.25. The number of hydrogen-bond acceptors (Lipinski definition) is 1. The molecule has 0 aliphatic heterocycles. The molecule has 1 nitrogen and oxygen atoms in total. The van der Waals surface area contributed by atoms with Gasteiger partial charge in [-0.2, -0.15) is 0 Å². The minimum atomic E-state index is -0.192. The highest BCUT2D eigenvalue weighted by Crippen LogP contribution is 2.26. The maximum atomic E-state index is 13.0. The molecular weight excluding hydrogens is 316 g/mol. The highest BCUT2D eigenvalue weighted by molar-refractivity contribution is 14.1. The van der Waals surface area contributed by atoms with Crippen LogP contribution in [-0.2, 0) is 0 Å². The standard InChI is InChI=1S/C13H19FIN/c1-3-9(4-2)7-13(16)11-6-5-10(14)8-12(11)15/h5-6,8-9,13H,3-4,7,16H2,1-2H3. The summed E-state index contributed by atoms with van der Waals surface area (Å²) in [7, 11) is 0. The molecule has 0 saturated carbocycles. The predicted octanol–water partition coefficient (Wildman–Crippen LogP) is 4.26. The number of halogens is 2. The Morgan fingerprint density at radius 2 is 1.94 bits per heavy atom. The summed E-state index contributed by atoms with van der Waals surface area (Å²) in [6.07, 6.45) is 3.29. The van der Waals surface area contributed by atoms with Crippen molar-refractivity contribution in [2.45, 2.75) is 39.2 Å². The fourth-order valence-electron chi connectivity index (χ4n) is 1.91. The van der Waals surface area contributed by atoms with Gasteiger partial charge in [-0.15, -0.1) is 0 Å². The first-order chi connectivity index (χ1) is 7.58. The molecule has 0 radical (unpaired) electrons. The van der Waals surface area contributed by atoms with Crippen molar-refractivity contribution >= 4 is 22.6 Å². The third-order valence-electron chi connectivity index (χ3n) is 3.10. The third kappa shape index (κ3) is 3.70. The topological polar surface area (TPSA) is 26.0 Å². The summed E-state index contributed by atoms with van der Waals surface area (Å²) in [6.45, 7) is 4.38. The van der Waals surface area contributed by atoms with Crippen LogP contribution in [0, 0.1) is 15.3 Å². The number of nitrogens with two attached hydrogens (primary N) is 1. The van der Waals surface area contributed by atoms with Crippen molar-refractivity contribution in [3.63, 3.8) is 0 Å². The van der Waals surface area contributed by atoms with Crippen LogP contribution in [0.2, 0.25) is 0 Å². The molecule has 0 spiro atoms. The average molecular weight is 335 g/mol. The molecule has 0 bridgehead atoms. The fraction of sp³-hybridized carbons (Fsp3) is 0.538. The van der Waals surface area contributed by atoms with Crippen LogP contribution in [-0.4, -0.2) is 0 Å². The first-order valence-corrected chi connectivity index (χ1v) is 6.86. The van der Waals surface area contributed by atoms with Gasteiger partial charge in [0.1, 0.15) is 5.82 Å². The zero-order chi connectivity index (χ0) is 12.1. The first kappa shape index (κ1) is 13.9. The Kier molecular flexibility index (Phi) is 5.69. The quantitative estimate of drug-likeness (QED) is 0.800. The van der Waals surface area contributed by atoms with Crippen LogP contribution in [0.5, 0.6) is 0 Å². The van der Waals surface area contributed by atoms with Gasteiger partial charge in [-0.3, -0.25) is 0 Å². The minimum Gasteiger partial charge on any atom is -0.324 e. The fourth-order valence-corrected chi connectivity index (χ4v) is 2.79. The van der Waals surface area contributed by atoms with Crippen LogP contribution >= 0.6 is 22.6 Å². The third-order valence-corrected chi connectivity index (χ3v) is 4.04. The predicted molar refractivity (Wildman–Crippen MR) is 74.7 cm³/mol. The van der Waals surface area contributed by atoms with Gasteiger partial charge in [-0.25, -0.2) is 4.39 Å². The van der Waals surface area contributed by atoms with Gasteiger partial charge >= 0.3 is 0 Å². The van der Waals surface area contributed by atoms with Crippen molar-refractivity contribution in [2.75, 3.05) is 0 Å². The highest BCUT2D eigenvalue weighted by atomic mass is 127. The van der Waals surface area contributed by atoms with E-state index in [9.17, 15) is 4.39 Å². The molecule has 0 aliphatic carbocycles. The van der Waals surface area contributed by atoms with Gasteiger partial charge in [0.2, 0.25) is 0 Å². The summed E-state index contributed by atoms with van der Waals surface area (Å²) in [4.78, 5) is 0. The summed E-state index contributed by atoms with van der Waals surface area (Å²) in [5, 5.41) is 0. The molecule has 90 valence electrons. The van der Waals surface area contributed by atoms with Crippen LogP contribution in [0.4, 0.5) is 4.39 Å². The first-order valence-electron chi connectivity index (χ1n) is 5.79. The van der Waals surface area contributed by atoms with Crippen molar-refractivity contribution < 1.29 is 4.39 Å². The van der Waals surface area contributed by atoms with E-state index in [0.29, 0.717) is 5.92 Å². The van der Waals surface area contributed by atoms with Crippen molar-refractivity contribution in [3.8, 4) is 0 Å². The molecule has 16 heavy (non-hydrogen) atoms. The Morgan fingerprint density at radius 3 is 2.44 bits per heavy atom. The summed E-state index contributed by atoms with van der Waals surface area (Å²) in [5.74, 6) is 0.471. The van der Waals surface area contributed by atoms with Crippen molar-refractivity contribution in [2.24, 2.45) is 11.7 Å². The molecule has 0 heterocycles. The van der Waals surface area contributed by atoms with E-state index in [1.165, 1.54) is 6.07 Å². The molecule has 0 saturated heterocycles. The molecule has 0 aromatic heterocycles. The van der Waals surface area contributed by atoms with Crippen molar-refractivity contribution in [3.05, 3.63) is 33.1 Å². The van der Waals surface area contributed by atoms with E-state index in [2.05, 4.69) is 36.4 Å². The van der Waals surface area contributed by atoms with Gasteiger partial charge in [0.25, 0.3) is 0 Å². The van der Waals surface area contributed by atoms with Gasteiger partial charge in [0, 0.05) is 9.61 Å². The second-order valence-electron chi connectivity index (χ2n) is 4.19. The molecule has 0 amide bonds. The SMILES string of the molecule is CCC(CC)CC(N)c1ccc(F)cc1I. The number of rotatable bonds is 5. The molecule has 1 aromatic carbocycles. The van der Waals surface area contributed by atoms with E-state index in [1.807, 2.05) is 6.07 Å². The smallest absolute Gasteiger partial charge is 0.124 e. The zero-order valence-corrected chi connectivity index (χ0v) is 12.0. The van der Waals surface area contributed by atoms with E-state index in [0.717, 1.165) is 28.4 Å². The normalized spacial score (nSPS) is 13.1. The summed E-state index contributed by atoms with van der Waals surface area (Å²) in [5.41, 5.74) is 7.23. The minimum absolute atomic E-state index is 0.0254. The molecule has 1 atom stereocenters. The van der Waals surface area contributed by atoms with Gasteiger partial charge in [-0.1, -0.05) is 32.8 Å². The molecule has 1 aromatic rings. The maximum Gasteiger partial charge on any atom is 0.124 e. The Labute approximate surface area is 111 Å². The summed E-state index contributed by atoms with van der Waals surface area (Å²) >= 11 is 2.15. The molecule has 0 aliphatic rings. The second kappa shape index (κ2) is 6.55. The van der Waals surface area contributed by atoms with E-state index < -0.39 is 0 Å². The van der Waals surface area contributed by atoms with Crippen LogP contribution < -0.4 is 5.73 Å². The van der Waals surface area contributed by atoms with E-state index in [-0.39, 0.29) is 11.9 Å². The van der Waals surface area contributed by atoms with Crippen molar-refractivity contribution in [1.29, 1.82) is 0 Å². The van der Waals surface area contributed by atoms with E-state index in [4.69, 9.17) is 5.73 Å².